The average Bonchev–Trinajstić information content (AvgIpc) is 3.47. The van der Waals surface area contributed by atoms with Crippen LogP contribution in [0.3, 0.4) is 0 Å². The molecule has 1 aromatic heterocycles. The summed E-state index contributed by atoms with van der Waals surface area (Å²) in [6.07, 6.45) is 15.2. The summed E-state index contributed by atoms with van der Waals surface area (Å²) in [6.45, 7) is 6.79. The van der Waals surface area contributed by atoms with Gasteiger partial charge in [0.25, 0.3) is 0 Å². The van der Waals surface area contributed by atoms with Gasteiger partial charge in [-0.05, 0) is 77.7 Å². The van der Waals surface area contributed by atoms with Crippen LogP contribution in [0.4, 0.5) is 0 Å². The van der Waals surface area contributed by atoms with Crippen LogP contribution in [-0.4, -0.2) is 4.98 Å². The summed E-state index contributed by atoms with van der Waals surface area (Å²) >= 11 is 0. The summed E-state index contributed by atoms with van der Waals surface area (Å²) in [5.41, 5.74) is 6.71. The molecule has 2 aliphatic rings. The van der Waals surface area contributed by atoms with Crippen LogP contribution >= 0.6 is 0 Å². The Hall–Kier alpha value is -2.93. The maximum absolute atomic E-state index is 4.95. The van der Waals surface area contributed by atoms with Crippen LogP contribution in [-0.2, 0) is 0 Å². The number of aryl methyl sites for hydroxylation is 1. The highest BCUT2D eigenvalue weighted by molar-refractivity contribution is 5.90. The fourth-order valence-electron chi connectivity index (χ4n) is 5.29. The second-order valence-electron chi connectivity index (χ2n) is 9.36. The fraction of sp³-hybridized carbons (Fsp3) is 0.300. The highest BCUT2D eigenvalue weighted by Gasteiger charge is 2.55. The maximum Gasteiger partial charge on any atom is 0.0671 e. The minimum absolute atomic E-state index is 0.268. The first-order valence-corrected chi connectivity index (χ1v) is 11.6. The van der Waals surface area contributed by atoms with Crippen molar-refractivity contribution in [3.05, 3.63) is 102 Å². The van der Waals surface area contributed by atoms with Crippen molar-refractivity contribution in [1.82, 2.24) is 4.98 Å². The highest BCUT2D eigenvalue weighted by Crippen LogP contribution is 2.64. The van der Waals surface area contributed by atoms with Crippen LogP contribution in [0.5, 0.6) is 0 Å². The van der Waals surface area contributed by atoms with Crippen LogP contribution in [0.1, 0.15) is 49.9 Å². The molecule has 0 spiro atoms. The number of aromatic nitrogens is 1. The highest BCUT2D eigenvalue weighted by atomic mass is 14.7. The molecule has 1 fully saturated rings. The Morgan fingerprint density at radius 1 is 1.06 bits per heavy atom. The lowest BCUT2D eigenvalue weighted by Gasteiger charge is -2.31. The molecule has 3 aromatic rings. The van der Waals surface area contributed by atoms with Crippen molar-refractivity contribution in [2.45, 2.75) is 40.0 Å². The molecular weight excluding hydrogens is 374 g/mol. The first kappa shape index (κ1) is 20.0. The lowest BCUT2D eigenvalue weighted by molar-refractivity contribution is 0.438. The van der Waals surface area contributed by atoms with Gasteiger partial charge < -0.3 is 0 Å². The number of fused-ring (bicyclic) bond motifs is 1. The van der Waals surface area contributed by atoms with Gasteiger partial charge in [-0.15, -0.1) is 0 Å². The summed E-state index contributed by atoms with van der Waals surface area (Å²) in [7, 11) is 0. The molecule has 0 saturated heterocycles. The summed E-state index contributed by atoms with van der Waals surface area (Å²) in [5.74, 6) is 1.20. The van der Waals surface area contributed by atoms with E-state index >= 15 is 0 Å². The zero-order valence-electron chi connectivity index (χ0n) is 18.8. The topological polar surface area (TPSA) is 12.9 Å². The molecule has 2 aromatic carbocycles. The molecular formula is C30H31N. The zero-order valence-corrected chi connectivity index (χ0v) is 18.8. The van der Waals surface area contributed by atoms with Crippen LogP contribution in [0.15, 0.2) is 85.1 Å². The molecule has 1 heteroatoms. The quantitative estimate of drug-likeness (QED) is 0.392. The molecule has 5 rings (SSSR count). The molecule has 0 amide bonds. The number of hydrogen-bond donors (Lipinski definition) is 0. The molecule has 1 nitrogen and oxygen atoms in total. The van der Waals surface area contributed by atoms with Crippen molar-refractivity contribution in [3.8, 4) is 0 Å². The molecule has 3 atom stereocenters. The van der Waals surface area contributed by atoms with Crippen LogP contribution in [0.25, 0.3) is 21.9 Å². The zero-order chi connectivity index (χ0) is 21.4. The fourth-order valence-corrected chi connectivity index (χ4v) is 5.29. The molecule has 0 aliphatic heterocycles. The van der Waals surface area contributed by atoms with Gasteiger partial charge in [-0.3, -0.25) is 4.98 Å². The van der Waals surface area contributed by atoms with E-state index in [0.29, 0.717) is 5.92 Å². The smallest absolute Gasteiger partial charge is 0.0671 e. The Balaban J connectivity index is 1.61. The summed E-state index contributed by atoms with van der Waals surface area (Å²) < 4.78 is 0. The average molecular weight is 406 g/mol. The van der Waals surface area contributed by atoms with Crippen LogP contribution in [0.2, 0.25) is 0 Å². The third kappa shape index (κ3) is 3.67. The third-order valence-corrected chi connectivity index (χ3v) is 7.30. The number of rotatable bonds is 5. The molecule has 0 N–H and O–H groups in total. The summed E-state index contributed by atoms with van der Waals surface area (Å²) in [4.78, 5) is 4.95. The molecule has 31 heavy (non-hydrogen) atoms. The van der Waals surface area contributed by atoms with Crippen LogP contribution in [0, 0.1) is 24.2 Å². The SMILES string of the molecule is CCC=CC1(C2CC=C(c3ccc(C)cc3)C=C2c2cc3ccccc3cn2)CC1C. The van der Waals surface area contributed by atoms with E-state index in [4.69, 9.17) is 4.98 Å². The van der Waals surface area contributed by atoms with Crippen molar-refractivity contribution < 1.29 is 0 Å². The maximum atomic E-state index is 4.95. The lowest BCUT2D eigenvalue weighted by atomic mass is 9.73. The van der Waals surface area contributed by atoms with Crippen molar-refractivity contribution in [1.29, 1.82) is 0 Å². The molecule has 1 saturated carbocycles. The van der Waals surface area contributed by atoms with E-state index in [1.165, 1.54) is 39.5 Å². The Bertz CT molecular complexity index is 1190. The van der Waals surface area contributed by atoms with Crippen molar-refractivity contribution in [3.63, 3.8) is 0 Å². The number of pyridine rings is 1. The molecule has 3 unspecified atom stereocenters. The number of hydrogen-bond acceptors (Lipinski definition) is 1. The van der Waals surface area contributed by atoms with E-state index in [9.17, 15) is 0 Å². The second kappa shape index (κ2) is 7.96. The van der Waals surface area contributed by atoms with Gasteiger partial charge in [-0.2, -0.15) is 0 Å². The number of nitrogens with zero attached hydrogens (tertiary/aromatic N) is 1. The van der Waals surface area contributed by atoms with Gasteiger partial charge in [0.05, 0.1) is 5.69 Å². The van der Waals surface area contributed by atoms with Gasteiger partial charge in [-0.1, -0.05) is 86.2 Å². The third-order valence-electron chi connectivity index (χ3n) is 7.30. The minimum Gasteiger partial charge on any atom is -0.256 e. The lowest BCUT2D eigenvalue weighted by Crippen LogP contribution is -2.20. The van der Waals surface area contributed by atoms with Gasteiger partial charge in [0, 0.05) is 11.6 Å². The Morgan fingerprint density at radius 3 is 2.52 bits per heavy atom. The second-order valence-corrected chi connectivity index (χ2v) is 9.36. The number of allylic oxidation sites excluding steroid dienone is 6. The van der Waals surface area contributed by atoms with Gasteiger partial charge in [0.1, 0.15) is 0 Å². The standard InChI is InChI=1S/C30H31N/c1-4-5-16-30(19-22(30)3)28-15-14-25(23-12-10-21(2)11-13-23)17-27(28)29-18-24-8-6-7-9-26(24)20-31-29/h5-14,16-18,20,22,28H,4,15,19H2,1-3H3. The van der Waals surface area contributed by atoms with Gasteiger partial charge >= 0.3 is 0 Å². The van der Waals surface area contributed by atoms with E-state index in [1.807, 2.05) is 6.20 Å². The number of benzene rings is 2. The summed E-state index contributed by atoms with van der Waals surface area (Å²) in [5, 5.41) is 2.47. The normalized spacial score (nSPS) is 25.5. The molecule has 0 radical (unpaired) electrons. The van der Waals surface area contributed by atoms with Gasteiger partial charge in [0.15, 0.2) is 0 Å². The molecule has 1 heterocycles. The first-order chi connectivity index (χ1) is 15.1. The molecule has 2 aliphatic carbocycles. The molecule has 156 valence electrons. The van der Waals surface area contributed by atoms with Crippen molar-refractivity contribution >= 4 is 21.9 Å². The van der Waals surface area contributed by atoms with Gasteiger partial charge in [-0.25, -0.2) is 0 Å². The predicted molar refractivity (Wildman–Crippen MR) is 133 cm³/mol. The van der Waals surface area contributed by atoms with Crippen molar-refractivity contribution in [2.24, 2.45) is 17.3 Å². The van der Waals surface area contributed by atoms with Crippen molar-refractivity contribution in [2.75, 3.05) is 0 Å². The van der Waals surface area contributed by atoms with E-state index in [-0.39, 0.29) is 5.41 Å². The summed E-state index contributed by atoms with van der Waals surface area (Å²) in [6, 6.07) is 19.7. The molecule has 0 bridgehead atoms. The predicted octanol–water partition coefficient (Wildman–Crippen LogP) is 8.02. The largest absolute Gasteiger partial charge is 0.256 e. The Kier molecular flexibility index (Phi) is 5.14. The van der Waals surface area contributed by atoms with E-state index in [0.717, 1.165) is 24.5 Å². The van der Waals surface area contributed by atoms with Gasteiger partial charge in [0.2, 0.25) is 0 Å². The van der Waals surface area contributed by atoms with Crippen LogP contribution < -0.4 is 0 Å². The Labute approximate surface area is 186 Å². The van der Waals surface area contributed by atoms with E-state index in [2.05, 4.69) is 99.7 Å². The monoisotopic (exact) mass is 405 g/mol. The minimum atomic E-state index is 0.268. The Morgan fingerprint density at radius 2 is 1.81 bits per heavy atom. The first-order valence-electron chi connectivity index (χ1n) is 11.6. The van der Waals surface area contributed by atoms with E-state index < -0.39 is 0 Å². The van der Waals surface area contributed by atoms with E-state index in [1.54, 1.807) is 0 Å².